The molecule has 126 valence electrons. The van der Waals surface area contributed by atoms with Crippen LogP contribution in [0.2, 0.25) is 0 Å². The van der Waals surface area contributed by atoms with Gasteiger partial charge >= 0.3 is 0 Å². The number of carbonyl (C=O) groups excluding carboxylic acids is 2. The van der Waals surface area contributed by atoms with E-state index in [1.54, 1.807) is 0 Å². The SMILES string of the molecule is CC(C)C(=O)CCCC(=O)NCCOCCOCCN=[N+]=[N-]. The Morgan fingerprint density at radius 2 is 1.82 bits per heavy atom. The van der Waals surface area contributed by atoms with Gasteiger partial charge < -0.3 is 14.8 Å². The highest BCUT2D eigenvalue weighted by atomic mass is 16.5. The summed E-state index contributed by atoms with van der Waals surface area (Å²) in [6, 6.07) is 0. The van der Waals surface area contributed by atoms with Crippen molar-refractivity contribution in [3.8, 4) is 0 Å². The molecular weight excluding hydrogens is 288 g/mol. The molecule has 0 aliphatic carbocycles. The van der Waals surface area contributed by atoms with Gasteiger partial charge in [-0.05, 0) is 12.0 Å². The number of Topliss-reactive ketones (excluding diaryl/α,β-unsaturated/α-hetero) is 1. The predicted molar refractivity (Wildman–Crippen MR) is 82.4 cm³/mol. The Morgan fingerprint density at radius 1 is 1.14 bits per heavy atom. The third kappa shape index (κ3) is 13.4. The Bertz CT molecular complexity index is 368. The van der Waals surface area contributed by atoms with Crippen molar-refractivity contribution in [2.45, 2.75) is 33.1 Å². The number of ketones is 1. The van der Waals surface area contributed by atoms with Crippen molar-refractivity contribution >= 4 is 11.7 Å². The van der Waals surface area contributed by atoms with Crippen LogP contribution < -0.4 is 5.32 Å². The molecule has 0 spiro atoms. The summed E-state index contributed by atoms with van der Waals surface area (Å²) >= 11 is 0. The van der Waals surface area contributed by atoms with Gasteiger partial charge in [0.25, 0.3) is 0 Å². The summed E-state index contributed by atoms with van der Waals surface area (Å²) in [5.41, 5.74) is 8.04. The summed E-state index contributed by atoms with van der Waals surface area (Å²) in [6.07, 6.45) is 1.40. The molecule has 0 aromatic heterocycles. The van der Waals surface area contributed by atoms with Crippen LogP contribution in [0.4, 0.5) is 0 Å². The maximum atomic E-state index is 11.5. The number of rotatable bonds is 14. The molecule has 8 heteroatoms. The number of nitrogens with zero attached hydrogens (tertiary/aromatic N) is 3. The Kier molecular flexibility index (Phi) is 13.3. The Morgan fingerprint density at radius 3 is 2.45 bits per heavy atom. The molecule has 8 nitrogen and oxygen atoms in total. The van der Waals surface area contributed by atoms with Crippen LogP contribution in [0.25, 0.3) is 10.4 Å². The van der Waals surface area contributed by atoms with Crippen molar-refractivity contribution in [1.29, 1.82) is 0 Å². The smallest absolute Gasteiger partial charge is 0.220 e. The van der Waals surface area contributed by atoms with E-state index in [0.29, 0.717) is 58.8 Å². The normalized spacial score (nSPS) is 10.3. The predicted octanol–water partition coefficient (Wildman–Crippen LogP) is 1.84. The van der Waals surface area contributed by atoms with Gasteiger partial charge in [0.2, 0.25) is 5.91 Å². The fraction of sp³-hybridized carbons (Fsp3) is 0.857. The molecule has 0 aromatic rings. The minimum atomic E-state index is -0.0641. The first-order chi connectivity index (χ1) is 10.6. The van der Waals surface area contributed by atoms with Crippen LogP contribution in [-0.2, 0) is 19.1 Å². The first kappa shape index (κ1) is 20.4. The van der Waals surface area contributed by atoms with E-state index in [1.807, 2.05) is 13.8 Å². The van der Waals surface area contributed by atoms with Crippen LogP contribution in [0.1, 0.15) is 33.1 Å². The molecule has 0 saturated carbocycles. The van der Waals surface area contributed by atoms with Crippen molar-refractivity contribution in [3.63, 3.8) is 0 Å². The number of carbonyl (C=O) groups is 2. The van der Waals surface area contributed by atoms with Gasteiger partial charge in [0, 0.05) is 36.8 Å². The van der Waals surface area contributed by atoms with Crippen LogP contribution in [0.15, 0.2) is 5.11 Å². The van der Waals surface area contributed by atoms with Crippen molar-refractivity contribution in [2.24, 2.45) is 11.0 Å². The molecule has 0 heterocycles. The molecule has 0 unspecified atom stereocenters. The topological polar surface area (TPSA) is 113 Å². The largest absolute Gasteiger partial charge is 0.379 e. The van der Waals surface area contributed by atoms with Gasteiger partial charge in [-0.2, -0.15) is 0 Å². The lowest BCUT2D eigenvalue weighted by Crippen LogP contribution is -2.27. The van der Waals surface area contributed by atoms with E-state index in [9.17, 15) is 9.59 Å². The lowest BCUT2D eigenvalue weighted by Gasteiger charge is -2.07. The third-order valence-electron chi connectivity index (χ3n) is 2.81. The minimum absolute atomic E-state index is 0.0328. The molecule has 0 aliphatic heterocycles. The maximum Gasteiger partial charge on any atom is 0.220 e. The van der Waals surface area contributed by atoms with E-state index >= 15 is 0 Å². The lowest BCUT2D eigenvalue weighted by atomic mass is 10.0. The quantitative estimate of drug-likeness (QED) is 0.228. The van der Waals surface area contributed by atoms with Crippen LogP contribution in [0.5, 0.6) is 0 Å². The fourth-order valence-electron chi connectivity index (χ4n) is 1.53. The fourth-order valence-corrected chi connectivity index (χ4v) is 1.53. The Balaban J connectivity index is 3.31. The highest BCUT2D eigenvalue weighted by Gasteiger charge is 2.08. The lowest BCUT2D eigenvalue weighted by molar-refractivity contribution is -0.123. The number of amides is 1. The number of hydrogen-bond acceptors (Lipinski definition) is 5. The van der Waals surface area contributed by atoms with Crippen molar-refractivity contribution < 1.29 is 19.1 Å². The van der Waals surface area contributed by atoms with Gasteiger partial charge in [0.15, 0.2) is 0 Å². The van der Waals surface area contributed by atoms with E-state index in [0.717, 1.165) is 0 Å². The van der Waals surface area contributed by atoms with E-state index in [2.05, 4.69) is 15.3 Å². The average molecular weight is 314 g/mol. The van der Waals surface area contributed by atoms with Gasteiger partial charge in [0.05, 0.1) is 26.4 Å². The molecular formula is C14H26N4O4. The molecule has 0 saturated heterocycles. The third-order valence-corrected chi connectivity index (χ3v) is 2.81. The average Bonchev–Trinajstić information content (AvgIpc) is 2.49. The molecule has 0 fully saturated rings. The van der Waals surface area contributed by atoms with Gasteiger partial charge in [-0.1, -0.05) is 19.0 Å². The summed E-state index contributed by atoms with van der Waals surface area (Å²) in [6.45, 7) is 6.11. The van der Waals surface area contributed by atoms with Gasteiger partial charge in [-0.15, -0.1) is 0 Å². The minimum Gasteiger partial charge on any atom is -0.379 e. The summed E-state index contributed by atoms with van der Waals surface area (Å²) in [5.74, 6) is 0.160. The highest BCUT2D eigenvalue weighted by Crippen LogP contribution is 2.03. The number of azide groups is 1. The van der Waals surface area contributed by atoms with E-state index < -0.39 is 0 Å². The Hall–Kier alpha value is -1.63. The number of nitrogens with one attached hydrogen (secondary N) is 1. The second kappa shape index (κ2) is 14.3. The molecule has 0 rings (SSSR count). The summed E-state index contributed by atoms with van der Waals surface area (Å²) in [5, 5.41) is 6.06. The zero-order valence-electron chi connectivity index (χ0n) is 13.4. The van der Waals surface area contributed by atoms with E-state index in [4.69, 9.17) is 15.0 Å². The summed E-state index contributed by atoms with van der Waals surface area (Å²) < 4.78 is 10.4. The molecule has 0 radical (unpaired) electrons. The van der Waals surface area contributed by atoms with E-state index in [1.165, 1.54) is 0 Å². The molecule has 0 aliphatic rings. The molecule has 0 aromatic carbocycles. The second-order valence-corrected chi connectivity index (χ2v) is 5.00. The zero-order chi connectivity index (χ0) is 16.6. The van der Waals surface area contributed by atoms with E-state index in [-0.39, 0.29) is 17.6 Å². The van der Waals surface area contributed by atoms with Crippen LogP contribution in [0.3, 0.4) is 0 Å². The Labute approximate surface area is 131 Å². The first-order valence-electron chi connectivity index (χ1n) is 7.53. The van der Waals surface area contributed by atoms with Crippen molar-refractivity contribution in [1.82, 2.24) is 5.32 Å². The molecule has 0 atom stereocenters. The zero-order valence-corrected chi connectivity index (χ0v) is 13.4. The maximum absolute atomic E-state index is 11.5. The van der Waals surface area contributed by atoms with Crippen LogP contribution >= 0.6 is 0 Å². The van der Waals surface area contributed by atoms with Gasteiger partial charge in [0.1, 0.15) is 5.78 Å². The van der Waals surface area contributed by atoms with Gasteiger partial charge in [-0.25, -0.2) is 0 Å². The second-order valence-electron chi connectivity index (χ2n) is 5.00. The van der Waals surface area contributed by atoms with Crippen molar-refractivity contribution in [2.75, 3.05) is 39.5 Å². The molecule has 22 heavy (non-hydrogen) atoms. The first-order valence-corrected chi connectivity index (χ1v) is 7.53. The van der Waals surface area contributed by atoms with Crippen molar-refractivity contribution in [3.05, 3.63) is 10.4 Å². The number of hydrogen-bond donors (Lipinski definition) is 1. The summed E-state index contributed by atoms with van der Waals surface area (Å²) in [7, 11) is 0. The molecule has 1 amide bonds. The standard InChI is InChI=1S/C14H26N4O4/c1-12(2)13(19)4-3-5-14(20)16-6-8-21-10-11-22-9-7-17-18-15/h12H,3-11H2,1-2H3,(H,16,20). The van der Waals surface area contributed by atoms with Crippen LogP contribution in [0, 0.1) is 5.92 Å². The molecule has 0 bridgehead atoms. The van der Waals surface area contributed by atoms with Gasteiger partial charge in [-0.3, -0.25) is 9.59 Å². The monoisotopic (exact) mass is 314 g/mol. The molecule has 1 N–H and O–H groups in total. The van der Waals surface area contributed by atoms with Crippen LogP contribution in [-0.4, -0.2) is 51.2 Å². The summed E-state index contributed by atoms with van der Waals surface area (Å²) in [4.78, 5) is 25.5. The number of ether oxygens (including phenoxy) is 2. The highest BCUT2D eigenvalue weighted by molar-refractivity contribution is 5.81.